The fourth-order valence-electron chi connectivity index (χ4n) is 1.91. The van der Waals surface area contributed by atoms with E-state index in [9.17, 15) is 13.2 Å². The Morgan fingerprint density at radius 2 is 1.90 bits per heavy atom. The molecule has 0 aliphatic carbocycles. The molecule has 1 amide bonds. The molecule has 0 unspecified atom stereocenters. The van der Waals surface area contributed by atoms with Gasteiger partial charge in [-0.15, -0.1) is 0 Å². The first-order valence-electron chi connectivity index (χ1n) is 6.90. The van der Waals surface area contributed by atoms with Gasteiger partial charge < -0.3 is 11.1 Å². The topological polar surface area (TPSA) is 92.5 Å². The number of nitrogens with one attached hydrogen (secondary N) is 1. The smallest absolute Gasteiger partial charge is 0.251 e. The summed E-state index contributed by atoms with van der Waals surface area (Å²) in [5, 5.41) is 2.78. The third-order valence-corrected chi connectivity index (χ3v) is 4.52. The number of amides is 1. The van der Waals surface area contributed by atoms with E-state index in [1.807, 2.05) is 12.1 Å². The predicted octanol–water partition coefficient (Wildman–Crippen LogP) is 0.547. The van der Waals surface area contributed by atoms with E-state index in [4.69, 9.17) is 5.73 Å². The number of nitrogens with zero attached hydrogens (tertiary/aromatic N) is 1. The molecule has 0 atom stereocenters. The average molecular weight is 313 g/mol. The highest BCUT2D eigenvalue weighted by Crippen LogP contribution is 2.04. The molecule has 0 aromatic heterocycles. The van der Waals surface area contributed by atoms with E-state index in [0.29, 0.717) is 38.2 Å². The van der Waals surface area contributed by atoms with Crippen molar-refractivity contribution in [3.05, 3.63) is 35.4 Å². The van der Waals surface area contributed by atoms with Gasteiger partial charge in [0.2, 0.25) is 10.0 Å². The first-order valence-corrected chi connectivity index (χ1v) is 8.75. The SMILES string of the molecule is CCN(CCCNC(=O)c1ccc(CN)cc1)S(C)(=O)=O. The molecule has 0 fully saturated rings. The summed E-state index contributed by atoms with van der Waals surface area (Å²) in [6, 6.07) is 7.09. The zero-order valence-corrected chi connectivity index (χ0v) is 13.3. The number of carbonyl (C=O) groups is 1. The van der Waals surface area contributed by atoms with Crippen molar-refractivity contribution in [1.29, 1.82) is 0 Å². The molecule has 0 bridgehead atoms. The van der Waals surface area contributed by atoms with Crippen LogP contribution in [0, 0.1) is 0 Å². The number of nitrogens with two attached hydrogens (primary N) is 1. The highest BCUT2D eigenvalue weighted by atomic mass is 32.2. The molecule has 7 heteroatoms. The summed E-state index contributed by atoms with van der Waals surface area (Å²) in [6.45, 7) is 3.51. The van der Waals surface area contributed by atoms with Gasteiger partial charge >= 0.3 is 0 Å². The van der Waals surface area contributed by atoms with E-state index in [1.165, 1.54) is 10.6 Å². The van der Waals surface area contributed by atoms with Gasteiger partial charge in [-0.25, -0.2) is 12.7 Å². The molecule has 0 aliphatic heterocycles. The molecule has 0 saturated carbocycles. The van der Waals surface area contributed by atoms with Crippen molar-refractivity contribution in [2.24, 2.45) is 5.73 Å². The minimum absolute atomic E-state index is 0.166. The van der Waals surface area contributed by atoms with Gasteiger partial charge in [0.25, 0.3) is 5.91 Å². The van der Waals surface area contributed by atoms with Gasteiger partial charge in [-0.1, -0.05) is 19.1 Å². The Morgan fingerprint density at radius 1 is 1.29 bits per heavy atom. The highest BCUT2D eigenvalue weighted by molar-refractivity contribution is 7.88. The zero-order valence-electron chi connectivity index (χ0n) is 12.5. The number of benzene rings is 1. The van der Waals surface area contributed by atoms with Crippen LogP contribution in [0.1, 0.15) is 29.3 Å². The summed E-state index contributed by atoms with van der Waals surface area (Å²) in [4.78, 5) is 11.9. The van der Waals surface area contributed by atoms with Gasteiger partial charge in [-0.05, 0) is 24.1 Å². The summed E-state index contributed by atoms with van der Waals surface area (Å²) >= 11 is 0. The maximum Gasteiger partial charge on any atom is 0.251 e. The van der Waals surface area contributed by atoms with Gasteiger partial charge in [0.05, 0.1) is 6.26 Å². The molecule has 1 aromatic rings. The second-order valence-electron chi connectivity index (χ2n) is 4.77. The number of sulfonamides is 1. The molecule has 1 aromatic carbocycles. The van der Waals surface area contributed by atoms with E-state index in [-0.39, 0.29) is 5.91 Å². The second kappa shape index (κ2) is 8.11. The Hall–Kier alpha value is -1.44. The van der Waals surface area contributed by atoms with Crippen LogP contribution in [0.15, 0.2) is 24.3 Å². The molecule has 0 heterocycles. The Labute approximate surface area is 126 Å². The lowest BCUT2D eigenvalue weighted by molar-refractivity contribution is 0.0953. The van der Waals surface area contributed by atoms with Crippen molar-refractivity contribution in [3.63, 3.8) is 0 Å². The lowest BCUT2D eigenvalue weighted by Gasteiger charge is -2.17. The maximum absolute atomic E-state index is 11.9. The monoisotopic (exact) mass is 313 g/mol. The summed E-state index contributed by atoms with van der Waals surface area (Å²) in [6.07, 6.45) is 1.77. The summed E-state index contributed by atoms with van der Waals surface area (Å²) in [7, 11) is -3.17. The van der Waals surface area contributed by atoms with Gasteiger partial charge in [-0.2, -0.15) is 0 Å². The number of hydrogen-bond acceptors (Lipinski definition) is 4. The number of carbonyl (C=O) groups excluding carboxylic acids is 1. The summed E-state index contributed by atoms with van der Waals surface area (Å²) in [5.41, 5.74) is 7.04. The molecule has 0 saturated heterocycles. The van der Waals surface area contributed by atoms with Crippen LogP contribution in [0.2, 0.25) is 0 Å². The van der Waals surface area contributed by atoms with Crippen molar-refractivity contribution in [2.45, 2.75) is 19.9 Å². The number of rotatable bonds is 8. The molecule has 0 aliphatic rings. The lowest BCUT2D eigenvalue weighted by atomic mass is 10.1. The zero-order chi connectivity index (χ0) is 15.9. The van der Waals surface area contributed by atoms with Crippen LogP contribution in [0.3, 0.4) is 0 Å². The van der Waals surface area contributed by atoms with E-state index >= 15 is 0 Å². The van der Waals surface area contributed by atoms with Gasteiger partial charge in [0, 0.05) is 31.7 Å². The minimum Gasteiger partial charge on any atom is -0.352 e. The van der Waals surface area contributed by atoms with Crippen molar-refractivity contribution >= 4 is 15.9 Å². The first-order chi connectivity index (χ1) is 9.88. The molecule has 1 rings (SSSR count). The maximum atomic E-state index is 11.9. The van der Waals surface area contributed by atoms with Crippen molar-refractivity contribution in [1.82, 2.24) is 9.62 Å². The van der Waals surface area contributed by atoms with E-state index in [1.54, 1.807) is 19.1 Å². The Morgan fingerprint density at radius 3 is 2.38 bits per heavy atom. The fourth-order valence-corrected chi connectivity index (χ4v) is 2.84. The van der Waals surface area contributed by atoms with Crippen LogP contribution in [-0.4, -0.2) is 44.5 Å². The highest BCUT2D eigenvalue weighted by Gasteiger charge is 2.13. The van der Waals surface area contributed by atoms with Gasteiger partial charge in [-0.3, -0.25) is 4.79 Å². The van der Waals surface area contributed by atoms with Crippen molar-refractivity contribution in [2.75, 3.05) is 25.9 Å². The average Bonchev–Trinajstić information content (AvgIpc) is 2.45. The van der Waals surface area contributed by atoms with E-state index in [0.717, 1.165) is 5.56 Å². The molecule has 118 valence electrons. The molecule has 3 N–H and O–H groups in total. The minimum atomic E-state index is -3.17. The normalized spacial score (nSPS) is 11.6. The Kier molecular flexibility index (Phi) is 6.80. The van der Waals surface area contributed by atoms with Crippen LogP contribution in [0.4, 0.5) is 0 Å². The number of hydrogen-bond donors (Lipinski definition) is 2. The van der Waals surface area contributed by atoms with Crippen LogP contribution in [-0.2, 0) is 16.6 Å². The van der Waals surface area contributed by atoms with Crippen LogP contribution >= 0.6 is 0 Å². The predicted molar refractivity (Wildman–Crippen MR) is 83.4 cm³/mol. The van der Waals surface area contributed by atoms with Crippen LogP contribution in [0.25, 0.3) is 0 Å². The quantitative estimate of drug-likeness (QED) is 0.685. The molecular formula is C14H23N3O3S. The molecule has 21 heavy (non-hydrogen) atoms. The largest absolute Gasteiger partial charge is 0.352 e. The van der Waals surface area contributed by atoms with Gasteiger partial charge in [0.1, 0.15) is 0 Å². The third kappa shape index (κ3) is 5.82. The summed E-state index contributed by atoms with van der Waals surface area (Å²) < 4.78 is 24.2. The van der Waals surface area contributed by atoms with Crippen molar-refractivity contribution < 1.29 is 13.2 Å². The Bertz CT molecular complexity index is 555. The molecule has 6 nitrogen and oxygen atoms in total. The third-order valence-electron chi connectivity index (χ3n) is 3.14. The van der Waals surface area contributed by atoms with Gasteiger partial charge in [0.15, 0.2) is 0 Å². The standard InChI is InChI=1S/C14H23N3O3S/c1-3-17(21(2,19)20)10-4-9-16-14(18)13-7-5-12(11-15)6-8-13/h5-8H,3-4,9-11,15H2,1-2H3,(H,16,18). The second-order valence-corrected chi connectivity index (χ2v) is 6.75. The summed E-state index contributed by atoms with van der Waals surface area (Å²) in [5.74, 6) is -0.166. The molecular weight excluding hydrogens is 290 g/mol. The van der Waals surface area contributed by atoms with E-state index < -0.39 is 10.0 Å². The lowest BCUT2D eigenvalue weighted by Crippen LogP contribution is -2.33. The molecule has 0 radical (unpaired) electrons. The van der Waals surface area contributed by atoms with E-state index in [2.05, 4.69) is 5.32 Å². The fraction of sp³-hybridized carbons (Fsp3) is 0.500. The van der Waals surface area contributed by atoms with Crippen LogP contribution in [0.5, 0.6) is 0 Å². The van der Waals surface area contributed by atoms with Crippen LogP contribution < -0.4 is 11.1 Å². The van der Waals surface area contributed by atoms with Crippen molar-refractivity contribution in [3.8, 4) is 0 Å². The Balaban J connectivity index is 2.39. The first kappa shape index (κ1) is 17.6. The molecule has 0 spiro atoms.